The molecule has 0 fully saturated rings. The smallest absolute Gasteiger partial charge is 0.225 e. The number of nitrogens with one attached hydrogen (secondary N) is 2. The summed E-state index contributed by atoms with van der Waals surface area (Å²) in [6.07, 6.45) is 1.76. The van der Waals surface area contributed by atoms with Crippen molar-refractivity contribution in [1.29, 1.82) is 0 Å². The molecule has 0 amide bonds. The van der Waals surface area contributed by atoms with Crippen LogP contribution in [-0.2, 0) is 6.54 Å². The second kappa shape index (κ2) is 7.47. The van der Waals surface area contributed by atoms with Crippen LogP contribution < -0.4 is 10.6 Å². The van der Waals surface area contributed by atoms with Crippen molar-refractivity contribution in [1.82, 2.24) is 15.0 Å². The third-order valence-corrected chi connectivity index (χ3v) is 3.94. The lowest BCUT2D eigenvalue weighted by Gasteiger charge is -2.10. The van der Waals surface area contributed by atoms with Gasteiger partial charge in [-0.2, -0.15) is 4.98 Å². The molecule has 0 bridgehead atoms. The molecule has 0 aliphatic carbocycles. The van der Waals surface area contributed by atoms with E-state index in [1.165, 1.54) is 0 Å². The van der Waals surface area contributed by atoms with Gasteiger partial charge in [0.15, 0.2) is 0 Å². The summed E-state index contributed by atoms with van der Waals surface area (Å²) in [6.45, 7) is 2.46. The number of hydrogen-bond donors (Lipinski definition) is 2. The van der Waals surface area contributed by atoms with Gasteiger partial charge >= 0.3 is 0 Å². The van der Waals surface area contributed by atoms with Crippen molar-refractivity contribution >= 4 is 40.7 Å². The Morgan fingerprint density at radius 1 is 1.00 bits per heavy atom. The van der Waals surface area contributed by atoms with E-state index in [4.69, 9.17) is 23.2 Å². The number of halogens is 2. The molecular formula is C17H15Cl2N5. The Hall–Kier alpha value is -2.37. The standard InChI is InChI=1S/C17H15Cl2N5/c1-11-8-16(23-12-5-6-14(18)15(19)9-12)24-17(22-11)21-10-13-4-2-3-7-20-13/h2-9H,10H2,1H3,(H2,21,22,23,24). The number of hydrogen-bond acceptors (Lipinski definition) is 5. The van der Waals surface area contributed by atoms with Crippen LogP contribution in [0.25, 0.3) is 0 Å². The highest BCUT2D eigenvalue weighted by molar-refractivity contribution is 6.42. The molecule has 2 aromatic heterocycles. The Labute approximate surface area is 150 Å². The average Bonchev–Trinajstić information content (AvgIpc) is 2.57. The van der Waals surface area contributed by atoms with E-state index in [-0.39, 0.29) is 0 Å². The van der Waals surface area contributed by atoms with Crippen molar-refractivity contribution in [3.8, 4) is 0 Å². The van der Waals surface area contributed by atoms with Crippen LogP contribution in [0.3, 0.4) is 0 Å². The maximum atomic E-state index is 6.04. The molecule has 3 aromatic rings. The zero-order valence-corrected chi connectivity index (χ0v) is 14.4. The molecule has 2 heterocycles. The molecule has 122 valence electrons. The summed E-state index contributed by atoms with van der Waals surface area (Å²) in [6, 6.07) is 13.0. The molecule has 0 saturated heterocycles. The Balaban J connectivity index is 1.74. The SMILES string of the molecule is Cc1cc(Nc2ccc(Cl)c(Cl)c2)nc(NCc2ccccn2)n1. The van der Waals surface area contributed by atoms with E-state index in [9.17, 15) is 0 Å². The summed E-state index contributed by atoms with van der Waals surface area (Å²) in [7, 11) is 0. The average molecular weight is 360 g/mol. The first-order valence-electron chi connectivity index (χ1n) is 7.32. The first-order valence-corrected chi connectivity index (χ1v) is 8.07. The normalized spacial score (nSPS) is 10.5. The lowest BCUT2D eigenvalue weighted by Crippen LogP contribution is -2.07. The van der Waals surface area contributed by atoms with Gasteiger partial charge in [0.25, 0.3) is 0 Å². The fourth-order valence-corrected chi connectivity index (χ4v) is 2.40. The monoisotopic (exact) mass is 359 g/mol. The van der Waals surface area contributed by atoms with Crippen LogP contribution in [0.2, 0.25) is 10.0 Å². The highest BCUT2D eigenvalue weighted by atomic mass is 35.5. The molecule has 0 aliphatic rings. The van der Waals surface area contributed by atoms with Crippen molar-refractivity contribution in [2.75, 3.05) is 10.6 Å². The van der Waals surface area contributed by atoms with E-state index in [0.717, 1.165) is 17.1 Å². The van der Waals surface area contributed by atoms with Gasteiger partial charge in [0.2, 0.25) is 5.95 Å². The van der Waals surface area contributed by atoms with E-state index in [2.05, 4.69) is 25.6 Å². The third-order valence-electron chi connectivity index (χ3n) is 3.20. The minimum atomic E-state index is 0.487. The van der Waals surface area contributed by atoms with Crippen molar-refractivity contribution in [3.63, 3.8) is 0 Å². The third kappa shape index (κ3) is 4.34. The molecule has 0 saturated carbocycles. The summed E-state index contributed by atoms with van der Waals surface area (Å²) < 4.78 is 0. The number of nitrogens with zero attached hydrogens (tertiary/aromatic N) is 3. The van der Waals surface area contributed by atoms with Crippen molar-refractivity contribution in [2.24, 2.45) is 0 Å². The molecule has 0 aliphatic heterocycles. The summed E-state index contributed by atoms with van der Waals surface area (Å²) in [5.41, 5.74) is 2.57. The zero-order valence-electron chi connectivity index (χ0n) is 12.9. The second-order valence-corrected chi connectivity index (χ2v) is 5.96. The summed E-state index contributed by atoms with van der Waals surface area (Å²) in [5, 5.41) is 7.38. The molecule has 0 radical (unpaired) electrons. The van der Waals surface area contributed by atoms with Crippen LogP contribution in [0.4, 0.5) is 17.5 Å². The van der Waals surface area contributed by atoms with Gasteiger partial charge in [-0.3, -0.25) is 4.98 Å². The van der Waals surface area contributed by atoms with Gasteiger partial charge in [0, 0.05) is 23.6 Å². The Bertz CT molecular complexity index is 840. The van der Waals surface area contributed by atoms with Gasteiger partial charge in [0.1, 0.15) is 5.82 Å². The zero-order chi connectivity index (χ0) is 16.9. The first-order chi connectivity index (χ1) is 11.6. The first kappa shape index (κ1) is 16.5. The molecule has 0 spiro atoms. The highest BCUT2D eigenvalue weighted by Gasteiger charge is 2.05. The van der Waals surface area contributed by atoms with Gasteiger partial charge in [-0.15, -0.1) is 0 Å². The molecule has 7 heteroatoms. The summed E-state index contributed by atoms with van der Waals surface area (Å²) in [5.74, 6) is 1.20. The van der Waals surface area contributed by atoms with E-state index in [0.29, 0.717) is 28.4 Å². The predicted octanol–water partition coefficient (Wildman–Crippen LogP) is 4.84. The van der Waals surface area contributed by atoms with Gasteiger partial charge in [0.05, 0.1) is 22.3 Å². The van der Waals surface area contributed by atoms with Crippen LogP contribution in [-0.4, -0.2) is 15.0 Å². The maximum absolute atomic E-state index is 6.04. The van der Waals surface area contributed by atoms with Crippen molar-refractivity contribution in [3.05, 3.63) is 70.1 Å². The second-order valence-electron chi connectivity index (χ2n) is 5.15. The Kier molecular flexibility index (Phi) is 5.13. The van der Waals surface area contributed by atoms with E-state index < -0.39 is 0 Å². The molecule has 24 heavy (non-hydrogen) atoms. The molecule has 3 rings (SSSR count). The lowest BCUT2D eigenvalue weighted by molar-refractivity contribution is 0.991. The van der Waals surface area contributed by atoms with Crippen LogP contribution in [0, 0.1) is 6.92 Å². The minimum absolute atomic E-state index is 0.487. The van der Waals surface area contributed by atoms with Gasteiger partial charge < -0.3 is 10.6 Å². The predicted molar refractivity (Wildman–Crippen MR) is 98.1 cm³/mol. The summed E-state index contributed by atoms with van der Waals surface area (Å²) in [4.78, 5) is 13.1. The molecule has 0 atom stereocenters. The largest absolute Gasteiger partial charge is 0.349 e. The van der Waals surface area contributed by atoms with Crippen LogP contribution in [0.1, 0.15) is 11.4 Å². The molecule has 5 nitrogen and oxygen atoms in total. The number of pyridine rings is 1. The minimum Gasteiger partial charge on any atom is -0.349 e. The van der Waals surface area contributed by atoms with Crippen LogP contribution in [0.5, 0.6) is 0 Å². The fraction of sp³-hybridized carbons (Fsp3) is 0.118. The van der Waals surface area contributed by atoms with E-state index >= 15 is 0 Å². The Morgan fingerprint density at radius 2 is 1.88 bits per heavy atom. The van der Waals surface area contributed by atoms with E-state index in [1.54, 1.807) is 18.3 Å². The Morgan fingerprint density at radius 3 is 2.62 bits per heavy atom. The fourth-order valence-electron chi connectivity index (χ4n) is 2.11. The lowest BCUT2D eigenvalue weighted by atomic mass is 10.3. The van der Waals surface area contributed by atoms with Gasteiger partial charge in [-0.25, -0.2) is 4.98 Å². The topological polar surface area (TPSA) is 62.7 Å². The van der Waals surface area contributed by atoms with Gasteiger partial charge in [-0.1, -0.05) is 29.3 Å². The quantitative estimate of drug-likeness (QED) is 0.682. The molecular weight excluding hydrogens is 345 g/mol. The number of benzene rings is 1. The maximum Gasteiger partial charge on any atom is 0.225 e. The van der Waals surface area contributed by atoms with Crippen molar-refractivity contribution < 1.29 is 0 Å². The van der Waals surface area contributed by atoms with Crippen molar-refractivity contribution in [2.45, 2.75) is 13.5 Å². The molecule has 2 N–H and O–H groups in total. The van der Waals surface area contributed by atoms with E-state index in [1.807, 2.05) is 37.3 Å². The molecule has 1 aromatic carbocycles. The van der Waals surface area contributed by atoms with Crippen LogP contribution in [0.15, 0.2) is 48.7 Å². The number of anilines is 3. The number of aromatic nitrogens is 3. The summed E-state index contributed by atoms with van der Waals surface area (Å²) >= 11 is 12.0. The molecule has 0 unspecified atom stereocenters. The number of aryl methyl sites for hydroxylation is 1. The van der Waals surface area contributed by atoms with Crippen LogP contribution >= 0.6 is 23.2 Å². The number of rotatable bonds is 5. The highest BCUT2D eigenvalue weighted by Crippen LogP contribution is 2.26. The van der Waals surface area contributed by atoms with Gasteiger partial charge in [-0.05, 0) is 37.3 Å².